The Morgan fingerprint density at radius 1 is 0.571 bits per heavy atom. The van der Waals surface area contributed by atoms with E-state index in [9.17, 15) is 0 Å². The first kappa shape index (κ1) is 15.3. The van der Waals surface area contributed by atoms with E-state index in [0.717, 1.165) is 0 Å². The van der Waals surface area contributed by atoms with Crippen molar-refractivity contribution in [2.75, 3.05) is 0 Å². The molecule has 0 aromatic heterocycles. The average Bonchev–Trinajstić information content (AvgIpc) is 2.53. The van der Waals surface area contributed by atoms with Crippen molar-refractivity contribution in [3.63, 3.8) is 0 Å². The Labute approximate surface area is 128 Å². The molecule has 0 aliphatic rings. The molecular weight excluding hydrogens is 252 g/mol. The second-order valence-corrected chi connectivity index (χ2v) is 5.82. The monoisotopic (exact) mass is 276 g/mol. The van der Waals surface area contributed by atoms with Crippen LogP contribution in [0.1, 0.15) is 40.2 Å². The fourth-order valence-electron chi connectivity index (χ4n) is 2.42. The first-order chi connectivity index (χ1) is 10.0. The Morgan fingerprint density at radius 3 is 1.62 bits per heavy atom. The van der Waals surface area contributed by atoms with Gasteiger partial charge in [0.25, 0.3) is 0 Å². The van der Waals surface area contributed by atoms with Crippen LogP contribution in [0.25, 0.3) is 16.7 Å². The standard InChI is InChI=1S/C21H24/c1-15(2)16(3)17(4)18(5)19-11-13-21(14-12-19)20-9-7-6-8-10-20/h6-14H,1-5H3/b18-17+. The van der Waals surface area contributed by atoms with Crippen molar-refractivity contribution in [3.8, 4) is 11.1 Å². The van der Waals surface area contributed by atoms with Crippen LogP contribution in [0, 0.1) is 0 Å². The summed E-state index contributed by atoms with van der Waals surface area (Å²) in [5.74, 6) is 0. The summed E-state index contributed by atoms with van der Waals surface area (Å²) in [5.41, 5.74) is 9.34. The van der Waals surface area contributed by atoms with Crippen molar-refractivity contribution in [1.29, 1.82) is 0 Å². The van der Waals surface area contributed by atoms with Crippen LogP contribution in [0.3, 0.4) is 0 Å². The highest BCUT2D eigenvalue weighted by molar-refractivity contribution is 5.73. The van der Waals surface area contributed by atoms with E-state index < -0.39 is 0 Å². The van der Waals surface area contributed by atoms with Gasteiger partial charge in [-0.25, -0.2) is 0 Å². The van der Waals surface area contributed by atoms with Crippen LogP contribution in [0.2, 0.25) is 0 Å². The van der Waals surface area contributed by atoms with E-state index >= 15 is 0 Å². The van der Waals surface area contributed by atoms with Gasteiger partial charge in [0.1, 0.15) is 0 Å². The van der Waals surface area contributed by atoms with E-state index in [1.165, 1.54) is 39.0 Å². The highest BCUT2D eigenvalue weighted by Crippen LogP contribution is 2.27. The highest BCUT2D eigenvalue weighted by atomic mass is 14.1. The summed E-state index contributed by atoms with van der Waals surface area (Å²) in [6.45, 7) is 11.0. The maximum Gasteiger partial charge on any atom is -0.0184 e. The van der Waals surface area contributed by atoms with Gasteiger partial charge in [0.15, 0.2) is 0 Å². The van der Waals surface area contributed by atoms with Gasteiger partial charge in [0.05, 0.1) is 0 Å². The lowest BCUT2D eigenvalue weighted by Gasteiger charge is -2.11. The molecule has 2 aromatic rings. The normalized spacial score (nSPS) is 11.9. The van der Waals surface area contributed by atoms with E-state index in [1.54, 1.807) is 0 Å². The van der Waals surface area contributed by atoms with Gasteiger partial charge in [-0.1, -0.05) is 60.2 Å². The lowest BCUT2D eigenvalue weighted by Crippen LogP contribution is -1.89. The van der Waals surface area contributed by atoms with Crippen molar-refractivity contribution in [2.45, 2.75) is 34.6 Å². The Bertz CT molecular complexity index is 664. The zero-order valence-corrected chi connectivity index (χ0v) is 13.7. The molecule has 0 amide bonds. The molecule has 0 saturated carbocycles. The summed E-state index contributed by atoms with van der Waals surface area (Å²) >= 11 is 0. The van der Waals surface area contributed by atoms with Crippen LogP contribution in [0.4, 0.5) is 0 Å². The molecule has 0 unspecified atom stereocenters. The van der Waals surface area contributed by atoms with E-state index in [-0.39, 0.29) is 0 Å². The number of allylic oxidation sites excluding steroid dienone is 4. The molecule has 108 valence electrons. The lowest BCUT2D eigenvalue weighted by molar-refractivity contribution is 1.22. The Hall–Kier alpha value is -2.08. The molecule has 0 aliphatic carbocycles. The SMILES string of the molecule is CC(C)=C(C)/C(C)=C(\C)c1ccc(-c2ccccc2)cc1. The van der Waals surface area contributed by atoms with E-state index in [4.69, 9.17) is 0 Å². The fourth-order valence-corrected chi connectivity index (χ4v) is 2.42. The zero-order valence-electron chi connectivity index (χ0n) is 13.7. The minimum absolute atomic E-state index is 1.27. The van der Waals surface area contributed by atoms with Gasteiger partial charge in [-0.05, 0) is 68.0 Å². The summed E-state index contributed by atoms with van der Waals surface area (Å²) in [4.78, 5) is 0. The molecule has 2 rings (SSSR count). The zero-order chi connectivity index (χ0) is 15.4. The smallest absolute Gasteiger partial charge is 0.0184 e. The van der Waals surface area contributed by atoms with Crippen molar-refractivity contribution in [1.82, 2.24) is 0 Å². The molecule has 0 saturated heterocycles. The summed E-state index contributed by atoms with van der Waals surface area (Å²) in [5, 5.41) is 0. The minimum Gasteiger partial charge on any atom is -0.0732 e. The first-order valence-corrected chi connectivity index (χ1v) is 7.48. The number of benzene rings is 2. The molecule has 0 nitrogen and oxygen atoms in total. The molecule has 0 aliphatic heterocycles. The van der Waals surface area contributed by atoms with Gasteiger partial charge in [-0.15, -0.1) is 0 Å². The highest BCUT2D eigenvalue weighted by Gasteiger charge is 2.04. The molecule has 0 fully saturated rings. The first-order valence-electron chi connectivity index (χ1n) is 7.48. The lowest BCUT2D eigenvalue weighted by atomic mass is 9.94. The van der Waals surface area contributed by atoms with Gasteiger partial charge in [-0.3, -0.25) is 0 Å². The van der Waals surface area contributed by atoms with Crippen LogP contribution in [0.15, 0.2) is 71.3 Å². The molecule has 0 radical (unpaired) electrons. The summed E-state index contributed by atoms with van der Waals surface area (Å²) < 4.78 is 0. The molecule has 0 spiro atoms. The third kappa shape index (κ3) is 3.52. The van der Waals surface area contributed by atoms with Crippen molar-refractivity contribution < 1.29 is 0 Å². The van der Waals surface area contributed by atoms with Crippen LogP contribution in [0.5, 0.6) is 0 Å². The Balaban J connectivity index is 2.36. The van der Waals surface area contributed by atoms with E-state index in [2.05, 4.69) is 89.2 Å². The van der Waals surface area contributed by atoms with E-state index in [1.807, 2.05) is 0 Å². The number of hydrogen-bond acceptors (Lipinski definition) is 0. The number of hydrogen-bond donors (Lipinski definition) is 0. The van der Waals surface area contributed by atoms with Crippen molar-refractivity contribution >= 4 is 5.57 Å². The van der Waals surface area contributed by atoms with Gasteiger partial charge < -0.3 is 0 Å². The molecular formula is C21H24. The molecule has 0 heteroatoms. The third-order valence-corrected chi connectivity index (χ3v) is 4.30. The Kier molecular flexibility index (Phi) is 4.80. The predicted molar refractivity (Wildman–Crippen MR) is 94.2 cm³/mol. The van der Waals surface area contributed by atoms with Crippen LogP contribution >= 0.6 is 0 Å². The van der Waals surface area contributed by atoms with Crippen molar-refractivity contribution in [3.05, 3.63) is 76.9 Å². The quantitative estimate of drug-likeness (QED) is 0.561. The van der Waals surface area contributed by atoms with Gasteiger partial charge in [0.2, 0.25) is 0 Å². The second-order valence-electron chi connectivity index (χ2n) is 5.82. The average molecular weight is 276 g/mol. The maximum absolute atomic E-state index is 2.22. The molecule has 0 heterocycles. The van der Waals surface area contributed by atoms with Gasteiger partial charge >= 0.3 is 0 Å². The third-order valence-electron chi connectivity index (χ3n) is 4.30. The topological polar surface area (TPSA) is 0 Å². The Morgan fingerprint density at radius 2 is 1.10 bits per heavy atom. The van der Waals surface area contributed by atoms with Crippen molar-refractivity contribution in [2.24, 2.45) is 0 Å². The van der Waals surface area contributed by atoms with Gasteiger partial charge in [-0.2, -0.15) is 0 Å². The summed E-state index contributed by atoms with van der Waals surface area (Å²) in [6, 6.07) is 19.4. The minimum atomic E-state index is 1.27. The number of rotatable bonds is 3. The van der Waals surface area contributed by atoms with Crippen LogP contribution < -0.4 is 0 Å². The summed E-state index contributed by atoms with van der Waals surface area (Å²) in [7, 11) is 0. The maximum atomic E-state index is 2.22. The molecule has 0 bridgehead atoms. The second kappa shape index (κ2) is 6.58. The fraction of sp³-hybridized carbons (Fsp3) is 0.238. The summed E-state index contributed by atoms with van der Waals surface area (Å²) in [6.07, 6.45) is 0. The molecule has 0 N–H and O–H groups in total. The van der Waals surface area contributed by atoms with Crippen LogP contribution in [-0.4, -0.2) is 0 Å². The van der Waals surface area contributed by atoms with Crippen LogP contribution in [-0.2, 0) is 0 Å². The molecule has 21 heavy (non-hydrogen) atoms. The largest absolute Gasteiger partial charge is 0.0732 e. The molecule has 2 aromatic carbocycles. The van der Waals surface area contributed by atoms with E-state index in [0.29, 0.717) is 0 Å². The van der Waals surface area contributed by atoms with Gasteiger partial charge in [0, 0.05) is 0 Å². The molecule has 0 atom stereocenters. The predicted octanol–water partition coefficient (Wildman–Crippen LogP) is 6.50.